The second-order valence-corrected chi connectivity index (χ2v) is 5.14. The van der Waals surface area contributed by atoms with Crippen molar-refractivity contribution in [2.24, 2.45) is 5.92 Å². The molecule has 0 aromatic carbocycles. The van der Waals surface area contributed by atoms with E-state index in [0.717, 1.165) is 16.6 Å². The number of carbonyl (C=O) groups is 1. The van der Waals surface area contributed by atoms with Gasteiger partial charge in [-0.1, -0.05) is 19.9 Å². The predicted molar refractivity (Wildman–Crippen MR) is 81.1 cm³/mol. The summed E-state index contributed by atoms with van der Waals surface area (Å²) in [5, 5.41) is 3.42. The molecule has 2 rings (SSSR count). The molecule has 0 aliphatic rings. The van der Waals surface area contributed by atoms with Gasteiger partial charge in [0.15, 0.2) is 0 Å². The Kier molecular flexibility index (Phi) is 4.92. The molecule has 6 nitrogen and oxygen atoms in total. The van der Waals surface area contributed by atoms with Crippen LogP contribution in [0.25, 0.3) is 11.0 Å². The van der Waals surface area contributed by atoms with Crippen molar-refractivity contribution in [2.45, 2.75) is 20.3 Å². The molecule has 2 aromatic rings. The smallest absolute Gasteiger partial charge is 0.243 e. The number of hydrogen-bond donors (Lipinski definition) is 2. The van der Waals surface area contributed by atoms with Crippen LogP contribution in [0.2, 0.25) is 0 Å². The van der Waals surface area contributed by atoms with Gasteiger partial charge in [0.2, 0.25) is 11.8 Å². The van der Waals surface area contributed by atoms with Gasteiger partial charge >= 0.3 is 0 Å². The molecular formula is C15H20N4O2. The Bertz CT molecular complexity index is 646. The summed E-state index contributed by atoms with van der Waals surface area (Å²) in [6.07, 6.45) is 7.28. The van der Waals surface area contributed by atoms with Gasteiger partial charge in [0.25, 0.3) is 0 Å². The number of nitrogens with one attached hydrogen (secondary N) is 2. The summed E-state index contributed by atoms with van der Waals surface area (Å²) in [6, 6.07) is 0. The maximum atomic E-state index is 11.2. The number of fused-ring (bicyclic) bond motifs is 1. The minimum absolute atomic E-state index is 0.123. The predicted octanol–water partition coefficient (Wildman–Crippen LogP) is 1.84. The SMILES string of the molecule is CNC(=O)/C=C/Cc1c[nH]c2ncnc(OCC(C)C)c12. The van der Waals surface area contributed by atoms with Crippen molar-refractivity contribution in [3.8, 4) is 5.88 Å². The van der Waals surface area contributed by atoms with Gasteiger partial charge in [0.1, 0.15) is 12.0 Å². The fourth-order valence-electron chi connectivity index (χ4n) is 1.89. The maximum Gasteiger partial charge on any atom is 0.243 e. The van der Waals surface area contributed by atoms with Gasteiger partial charge in [-0.3, -0.25) is 4.79 Å². The summed E-state index contributed by atoms with van der Waals surface area (Å²) >= 11 is 0. The van der Waals surface area contributed by atoms with Gasteiger partial charge < -0.3 is 15.0 Å². The van der Waals surface area contributed by atoms with E-state index in [1.54, 1.807) is 13.1 Å². The Balaban J connectivity index is 2.23. The second-order valence-electron chi connectivity index (χ2n) is 5.14. The number of likely N-dealkylation sites (N-methyl/N-ethyl adjacent to an activating group) is 1. The van der Waals surface area contributed by atoms with E-state index in [1.165, 1.54) is 12.4 Å². The fourth-order valence-corrected chi connectivity index (χ4v) is 1.89. The van der Waals surface area contributed by atoms with Crippen molar-refractivity contribution in [3.63, 3.8) is 0 Å². The van der Waals surface area contributed by atoms with Crippen LogP contribution >= 0.6 is 0 Å². The fraction of sp³-hybridized carbons (Fsp3) is 0.400. The zero-order valence-corrected chi connectivity index (χ0v) is 12.5. The van der Waals surface area contributed by atoms with E-state index in [9.17, 15) is 4.79 Å². The number of aromatic nitrogens is 3. The third-order valence-corrected chi connectivity index (χ3v) is 2.92. The molecular weight excluding hydrogens is 268 g/mol. The lowest BCUT2D eigenvalue weighted by Crippen LogP contribution is -2.14. The molecule has 2 N–H and O–H groups in total. The molecule has 0 aliphatic carbocycles. The number of nitrogens with zero attached hydrogens (tertiary/aromatic N) is 2. The number of hydrogen-bond acceptors (Lipinski definition) is 4. The third-order valence-electron chi connectivity index (χ3n) is 2.92. The van der Waals surface area contributed by atoms with E-state index < -0.39 is 0 Å². The zero-order valence-electron chi connectivity index (χ0n) is 12.5. The average molecular weight is 288 g/mol. The van der Waals surface area contributed by atoms with Crippen LogP contribution in [-0.2, 0) is 11.2 Å². The highest BCUT2D eigenvalue weighted by Crippen LogP contribution is 2.26. The van der Waals surface area contributed by atoms with E-state index >= 15 is 0 Å². The summed E-state index contributed by atoms with van der Waals surface area (Å²) in [6.45, 7) is 4.77. The van der Waals surface area contributed by atoms with E-state index in [-0.39, 0.29) is 5.91 Å². The monoisotopic (exact) mass is 288 g/mol. The largest absolute Gasteiger partial charge is 0.477 e. The number of aromatic amines is 1. The molecule has 2 heterocycles. The summed E-state index contributed by atoms with van der Waals surface area (Å²) in [5.41, 5.74) is 1.75. The van der Waals surface area contributed by atoms with Crippen molar-refractivity contribution in [1.29, 1.82) is 0 Å². The molecule has 0 saturated heterocycles. The highest BCUT2D eigenvalue weighted by molar-refractivity contribution is 5.88. The first kappa shape index (κ1) is 15.0. The lowest BCUT2D eigenvalue weighted by molar-refractivity contribution is -0.116. The second kappa shape index (κ2) is 6.88. The number of ether oxygens (including phenoxy) is 1. The number of carbonyl (C=O) groups excluding carboxylic acids is 1. The lowest BCUT2D eigenvalue weighted by Gasteiger charge is -2.08. The summed E-state index contributed by atoms with van der Waals surface area (Å²) in [7, 11) is 1.60. The van der Waals surface area contributed by atoms with Crippen LogP contribution in [-0.4, -0.2) is 34.5 Å². The lowest BCUT2D eigenvalue weighted by atomic mass is 10.1. The topological polar surface area (TPSA) is 79.9 Å². The molecule has 6 heteroatoms. The van der Waals surface area contributed by atoms with E-state index in [4.69, 9.17) is 4.74 Å². The van der Waals surface area contributed by atoms with Crippen LogP contribution in [0.3, 0.4) is 0 Å². The van der Waals surface area contributed by atoms with Crippen LogP contribution in [0.15, 0.2) is 24.7 Å². The van der Waals surface area contributed by atoms with E-state index in [1.807, 2.05) is 6.20 Å². The zero-order chi connectivity index (χ0) is 15.2. The number of allylic oxidation sites excluding steroid dienone is 1. The molecule has 0 fully saturated rings. The van der Waals surface area contributed by atoms with Gasteiger partial charge in [0.05, 0.1) is 12.0 Å². The summed E-state index contributed by atoms with van der Waals surface area (Å²) < 4.78 is 5.75. The van der Waals surface area contributed by atoms with Crippen LogP contribution in [0.4, 0.5) is 0 Å². The molecule has 0 radical (unpaired) electrons. The molecule has 0 aliphatic heterocycles. The first-order valence-electron chi connectivity index (χ1n) is 6.93. The molecule has 21 heavy (non-hydrogen) atoms. The Morgan fingerprint density at radius 2 is 2.29 bits per heavy atom. The molecule has 0 saturated carbocycles. The van der Waals surface area contributed by atoms with Gasteiger partial charge in [-0.2, -0.15) is 0 Å². The number of H-pyrrole nitrogens is 1. The van der Waals surface area contributed by atoms with Crippen LogP contribution in [0.5, 0.6) is 5.88 Å². The minimum atomic E-state index is -0.123. The molecule has 112 valence electrons. The van der Waals surface area contributed by atoms with Crippen molar-refractivity contribution >= 4 is 16.9 Å². The average Bonchev–Trinajstić information content (AvgIpc) is 2.88. The van der Waals surface area contributed by atoms with Crippen LogP contribution in [0, 0.1) is 5.92 Å². The molecule has 0 unspecified atom stereocenters. The van der Waals surface area contributed by atoms with Crippen LogP contribution < -0.4 is 10.1 Å². The van der Waals surface area contributed by atoms with Gasteiger partial charge in [-0.15, -0.1) is 0 Å². The molecule has 0 bridgehead atoms. The number of amides is 1. The van der Waals surface area contributed by atoms with Gasteiger partial charge in [0, 0.05) is 13.2 Å². The van der Waals surface area contributed by atoms with E-state index in [2.05, 4.69) is 34.1 Å². The first-order valence-corrected chi connectivity index (χ1v) is 6.93. The molecule has 0 atom stereocenters. The summed E-state index contributed by atoms with van der Waals surface area (Å²) in [4.78, 5) is 22.7. The molecule has 1 amide bonds. The normalized spacial score (nSPS) is 11.4. The minimum Gasteiger partial charge on any atom is -0.477 e. The van der Waals surface area contributed by atoms with Crippen molar-refractivity contribution in [3.05, 3.63) is 30.2 Å². The highest BCUT2D eigenvalue weighted by Gasteiger charge is 2.12. The molecule has 0 spiro atoms. The quantitative estimate of drug-likeness (QED) is 0.795. The molecule has 2 aromatic heterocycles. The number of rotatable bonds is 6. The Hall–Kier alpha value is -2.37. The Morgan fingerprint density at radius 1 is 1.48 bits per heavy atom. The van der Waals surface area contributed by atoms with Crippen molar-refractivity contribution in [2.75, 3.05) is 13.7 Å². The van der Waals surface area contributed by atoms with E-state index in [0.29, 0.717) is 24.8 Å². The highest BCUT2D eigenvalue weighted by atomic mass is 16.5. The first-order chi connectivity index (χ1) is 10.1. The van der Waals surface area contributed by atoms with Crippen LogP contribution in [0.1, 0.15) is 19.4 Å². The van der Waals surface area contributed by atoms with Crippen molar-refractivity contribution in [1.82, 2.24) is 20.3 Å². The third kappa shape index (κ3) is 3.81. The maximum absolute atomic E-state index is 11.2. The van der Waals surface area contributed by atoms with Gasteiger partial charge in [-0.05, 0) is 24.0 Å². The standard InChI is InChI=1S/C15H20N4O2/c1-10(2)8-21-15-13-11(5-4-6-12(20)16-3)7-17-14(13)18-9-19-15/h4,6-7,9-10H,5,8H2,1-3H3,(H,16,20)(H,17,18,19)/b6-4+. The van der Waals surface area contributed by atoms with Gasteiger partial charge in [-0.25, -0.2) is 9.97 Å². The Labute approximate surface area is 123 Å². The van der Waals surface area contributed by atoms with Crippen molar-refractivity contribution < 1.29 is 9.53 Å². The summed E-state index contributed by atoms with van der Waals surface area (Å²) in [5.74, 6) is 0.881. The Morgan fingerprint density at radius 3 is 3.00 bits per heavy atom.